The molecule has 1 atom stereocenters. The number of carbonyl (C=O) groups excluding carboxylic acids is 1. The van der Waals surface area contributed by atoms with Gasteiger partial charge in [0.05, 0.1) is 12.8 Å². The van der Waals surface area contributed by atoms with Gasteiger partial charge in [-0.25, -0.2) is 10.2 Å². The summed E-state index contributed by atoms with van der Waals surface area (Å²) in [7, 11) is 0. The van der Waals surface area contributed by atoms with E-state index in [0.717, 1.165) is 23.3 Å². The molecule has 6 heteroatoms. The Kier molecular flexibility index (Phi) is 3.89. The summed E-state index contributed by atoms with van der Waals surface area (Å²) in [5.41, 5.74) is 8.95. The summed E-state index contributed by atoms with van der Waals surface area (Å²) in [6.07, 6.45) is 2.52. The maximum absolute atomic E-state index is 10.6. The lowest BCUT2D eigenvalue weighted by molar-refractivity contribution is 0.249. The number of hydrazone groups is 1. The third-order valence-corrected chi connectivity index (χ3v) is 2.71. The first-order valence-corrected chi connectivity index (χ1v) is 6.15. The predicted octanol–water partition coefficient (Wildman–Crippen LogP) is 1.41. The number of nitrogens with one attached hydrogen (secondary N) is 1. The molecular weight excluding hydrogens is 246 g/mol. The topological polar surface area (TPSA) is 85.9 Å². The third kappa shape index (κ3) is 3.15. The van der Waals surface area contributed by atoms with E-state index in [1.165, 1.54) is 6.21 Å². The van der Waals surface area contributed by atoms with Crippen molar-refractivity contribution in [2.75, 3.05) is 6.61 Å². The fraction of sp³-hybridized carbons (Fsp3) is 0.385. The first-order chi connectivity index (χ1) is 9.10. The summed E-state index contributed by atoms with van der Waals surface area (Å²) in [6.45, 7) is 4.48. The number of urea groups is 1. The molecule has 0 saturated carbocycles. The highest BCUT2D eigenvalue weighted by molar-refractivity contribution is 5.86. The zero-order chi connectivity index (χ0) is 13.8. The van der Waals surface area contributed by atoms with Crippen LogP contribution in [0.5, 0.6) is 11.5 Å². The van der Waals surface area contributed by atoms with Crippen molar-refractivity contribution in [2.24, 2.45) is 10.8 Å². The predicted molar refractivity (Wildman–Crippen MR) is 71.7 cm³/mol. The summed E-state index contributed by atoms with van der Waals surface area (Å²) in [5, 5.41) is 3.74. The van der Waals surface area contributed by atoms with Gasteiger partial charge in [-0.3, -0.25) is 0 Å². The Morgan fingerprint density at radius 3 is 3.16 bits per heavy atom. The molecule has 1 aromatic carbocycles. The van der Waals surface area contributed by atoms with Crippen LogP contribution in [0.2, 0.25) is 0 Å². The largest absolute Gasteiger partial charge is 0.493 e. The Morgan fingerprint density at radius 1 is 1.68 bits per heavy atom. The normalized spacial score (nSPS) is 17.1. The molecule has 102 valence electrons. The first kappa shape index (κ1) is 13.2. The van der Waals surface area contributed by atoms with Crippen molar-refractivity contribution in [3.63, 3.8) is 0 Å². The lowest BCUT2D eigenvalue weighted by Crippen LogP contribution is -2.24. The Morgan fingerprint density at radius 2 is 2.47 bits per heavy atom. The number of hydrogen-bond donors (Lipinski definition) is 2. The zero-order valence-electron chi connectivity index (χ0n) is 11.0. The molecule has 0 bridgehead atoms. The van der Waals surface area contributed by atoms with Crippen LogP contribution in [0.15, 0.2) is 17.2 Å². The van der Waals surface area contributed by atoms with Gasteiger partial charge in [-0.05, 0) is 26.0 Å². The Hall–Kier alpha value is -2.24. The minimum atomic E-state index is -0.708. The average molecular weight is 263 g/mol. The van der Waals surface area contributed by atoms with E-state index in [0.29, 0.717) is 12.4 Å². The summed E-state index contributed by atoms with van der Waals surface area (Å²) in [6, 6.07) is 3.10. The fourth-order valence-electron chi connectivity index (χ4n) is 2.00. The van der Waals surface area contributed by atoms with E-state index in [4.69, 9.17) is 15.2 Å². The molecule has 0 unspecified atom stereocenters. The molecule has 0 radical (unpaired) electrons. The first-order valence-electron chi connectivity index (χ1n) is 6.15. The van der Waals surface area contributed by atoms with Gasteiger partial charge < -0.3 is 15.2 Å². The number of benzene rings is 1. The molecule has 0 saturated heterocycles. The standard InChI is InChI=1S/C13H17N3O3/c1-3-18-11-5-9-4-8(2)19-12(9)6-10(11)7-15-16-13(14)17/h5-8H,3-4H2,1-2H3,(H3,14,16,17)/b15-7-/t8-/m1/s1. The molecule has 1 aliphatic heterocycles. The van der Waals surface area contributed by atoms with Crippen LogP contribution >= 0.6 is 0 Å². The minimum Gasteiger partial charge on any atom is -0.493 e. The minimum absolute atomic E-state index is 0.167. The molecule has 2 amide bonds. The zero-order valence-corrected chi connectivity index (χ0v) is 11.0. The van der Waals surface area contributed by atoms with Crippen molar-refractivity contribution in [3.8, 4) is 11.5 Å². The second-order valence-electron chi connectivity index (χ2n) is 4.30. The Balaban J connectivity index is 2.28. The number of nitrogens with zero attached hydrogens (tertiary/aromatic N) is 1. The maximum Gasteiger partial charge on any atom is 0.332 e. The van der Waals surface area contributed by atoms with Crippen molar-refractivity contribution in [1.29, 1.82) is 0 Å². The van der Waals surface area contributed by atoms with Gasteiger partial charge in [-0.2, -0.15) is 5.10 Å². The lowest BCUT2D eigenvalue weighted by Gasteiger charge is -2.09. The van der Waals surface area contributed by atoms with Gasteiger partial charge in [0.1, 0.15) is 17.6 Å². The third-order valence-electron chi connectivity index (χ3n) is 2.71. The van der Waals surface area contributed by atoms with Crippen LogP contribution in [0.3, 0.4) is 0 Å². The SMILES string of the molecule is CCOc1cc2c(cc1/C=N\NC(N)=O)O[C@H](C)C2. The van der Waals surface area contributed by atoms with Gasteiger partial charge in [0.2, 0.25) is 0 Å². The molecule has 0 aromatic heterocycles. The fourth-order valence-corrected chi connectivity index (χ4v) is 2.00. The highest BCUT2D eigenvalue weighted by Gasteiger charge is 2.21. The molecule has 6 nitrogen and oxygen atoms in total. The van der Waals surface area contributed by atoms with Crippen LogP contribution in [-0.4, -0.2) is 25.0 Å². The van der Waals surface area contributed by atoms with Crippen molar-refractivity contribution >= 4 is 12.2 Å². The number of hydrogen-bond acceptors (Lipinski definition) is 4. The molecule has 2 rings (SSSR count). The van der Waals surface area contributed by atoms with Crippen molar-refractivity contribution in [2.45, 2.75) is 26.4 Å². The number of nitrogens with two attached hydrogens (primary N) is 1. The quantitative estimate of drug-likeness (QED) is 0.636. The van der Waals surface area contributed by atoms with E-state index in [1.54, 1.807) is 0 Å². The van der Waals surface area contributed by atoms with Gasteiger partial charge in [0.15, 0.2) is 0 Å². The second kappa shape index (κ2) is 5.60. The van der Waals surface area contributed by atoms with Crippen LogP contribution in [0.1, 0.15) is 25.0 Å². The maximum atomic E-state index is 10.6. The van der Waals surface area contributed by atoms with Gasteiger partial charge >= 0.3 is 6.03 Å². The van der Waals surface area contributed by atoms with Gasteiger partial charge in [0, 0.05) is 17.5 Å². The Labute approximate surface area is 111 Å². The number of amides is 2. The molecule has 3 N–H and O–H groups in total. The van der Waals surface area contributed by atoms with Crippen LogP contribution in [-0.2, 0) is 6.42 Å². The second-order valence-corrected chi connectivity index (χ2v) is 4.30. The summed E-state index contributed by atoms with van der Waals surface area (Å²) in [4.78, 5) is 10.6. The summed E-state index contributed by atoms with van der Waals surface area (Å²) < 4.78 is 11.2. The smallest absolute Gasteiger partial charge is 0.332 e. The van der Waals surface area contributed by atoms with Crippen molar-refractivity contribution in [1.82, 2.24) is 5.43 Å². The Bertz CT molecular complexity index is 514. The van der Waals surface area contributed by atoms with E-state index >= 15 is 0 Å². The number of ether oxygens (including phenoxy) is 2. The van der Waals surface area contributed by atoms with Gasteiger partial charge in [-0.15, -0.1) is 0 Å². The molecule has 0 fully saturated rings. The average Bonchev–Trinajstić information content (AvgIpc) is 2.68. The summed E-state index contributed by atoms with van der Waals surface area (Å²) >= 11 is 0. The van der Waals surface area contributed by atoms with Crippen LogP contribution in [0.25, 0.3) is 0 Å². The van der Waals surface area contributed by atoms with E-state index < -0.39 is 6.03 Å². The molecule has 0 spiro atoms. The highest BCUT2D eigenvalue weighted by Crippen LogP contribution is 2.34. The van der Waals surface area contributed by atoms with Crippen molar-refractivity contribution < 1.29 is 14.3 Å². The van der Waals surface area contributed by atoms with E-state index in [1.807, 2.05) is 26.0 Å². The highest BCUT2D eigenvalue weighted by atomic mass is 16.5. The molecule has 19 heavy (non-hydrogen) atoms. The number of fused-ring (bicyclic) bond motifs is 1. The van der Waals surface area contributed by atoms with Crippen molar-refractivity contribution in [3.05, 3.63) is 23.3 Å². The van der Waals surface area contributed by atoms with E-state index in [-0.39, 0.29) is 6.10 Å². The van der Waals surface area contributed by atoms with Crippen LogP contribution in [0, 0.1) is 0 Å². The summed E-state index contributed by atoms with van der Waals surface area (Å²) in [5.74, 6) is 1.55. The van der Waals surface area contributed by atoms with E-state index in [2.05, 4.69) is 10.5 Å². The molecular formula is C13H17N3O3. The number of primary amides is 1. The van der Waals surface area contributed by atoms with Gasteiger partial charge in [0.25, 0.3) is 0 Å². The number of rotatable bonds is 4. The molecule has 1 aliphatic rings. The van der Waals surface area contributed by atoms with Crippen LogP contribution < -0.4 is 20.6 Å². The molecule has 1 aromatic rings. The number of carbonyl (C=O) groups is 1. The molecule has 1 heterocycles. The van der Waals surface area contributed by atoms with Gasteiger partial charge in [-0.1, -0.05) is 0 Å². The monoisotopic (exact) mass is 263 g/mol. The molecule has 0 aliphatic carbocycles. The van der Waals surface area contributed by atoms with E-state index in [9.17, 15) is 4.79 Å². The lowest BCUT2D eigenvalue weighted by atomic mass is 10.1. The van der Waals surface area contributed by atoms with Crippen LogP contribution in [0.4, 0.5) is 4.79 Å².